The third kappa shape index (κ3) is 3.56. The molecule has 0 radical (unpaired) electrons. The van der Waals surface area contributed by atoms with Gasteiger partial charge in [-0.25, -0.2) is 0 Å². The summed E-state index contributed by atoms with van der Waals surface area (Å²) >= 11 is 0. The van der Waals surface area contributed by atoms with E-state index in [4.69, 9.17) is 4.74 Å². The van der Waals surface area contributed by atoms with Crippen LogP contribution in [0.15, 0.2) is 29.2 Å². The molecule has 0 heterocycles. The fraction of sp³-hybridized carbons (Fsp3) is 0.417. The third-order valence-corrected chi connectivity index (χ3v) is 3.95. The molecule has 0 aliphatic carbocycles. The molecule has 94 valence electrons. The third-order valence-electron chi connectivity index (χ3n) is 2.32. The Hall–Kier alpha value is -1.36. The molecule has 0 fully saturated rings. The van der Waals surface area contributed by atoms with Crippen molar-refractivity contribution >= 4 is 16.8 Å². The second kappa shape index (κ2) is 6.39. The predicted molar refractivity (Wildman–Crippen MR) is 65.4 cm³/mol. The summed E-state index contributed by atoms with van der Waals surface area (Å²) in [5, 5.41) is 0. The lowest BCUT2D eigenvalue weighted by Crippen LogP contribution is -2.19. The van der Waals surface area contributed by atoms with E-state index in [1.807, 2.05) is 6.07 Å². The van der Waals surface area contributed by atoms with Gasteiger partial charge < -0.3 is 9.47 Å². The number of para-hydroxylation sites is 1. The molecule has 17 heavy (non-hydrogen) atoms. The van der Waals surface area contributed by atoms with E-state index in [0.717, 1.165) is 0 Å². The summed E-state index contributed by atoms with van der Waals surface area (Å²) in [5.41, 5.74) is 0. The summed E-state index contributed by atoms with van der Waals surface area (Å²) in [7, 11) is 1.58. The first-order valence-electron chi connectivity index (χ1n) is 5.19. The quantitative estimate of drug-likeness (QED) is 0.751. The van der Waals surface area contributed by atoms with Gasteiger partial charge in [0.05, 0.1) is 35.8 Å². The van der Waals surface area contributed by atoms with Gasteiger partial charge in [-0.05, 0) is 12.1 Å². The molecule has 0 aliphatic heterocycles. The van der Waals surface area contributed by atoms with Crippen LogP contribution in [0.3, 0.4) is 0 Å². The SMILES string of the molecule is COC(=O)C(C)CS(=O)c1ccccc1OC. The average Bonchev–Trinajstić information content (AvgIpc) is 2.37. The summed E-state index contributed by atoms with van der Waals surface area (Å²) in [5.74, 6) is 0.0504. The number of rotatable bonds is 5. The van der Waals surface area contributed by atoms with Gasteiger partial charge in [-0.3, -0.25) is 9.00 Å². The Morgan fingerprint density at radius 3 is 2.59 bits per heavy atom. The maximum Gasteiger partial charge on any atom is 0.309 e. The van der Waals surface area contributed by atoms with Crippen LogP contribution >= 0.6 is 0 Å². The lowest BCUT2D eigenvalue weighted by atomic mass is 10.2. The van der Waals surface area contributed by atoms with Crippen LogP contribution in [0.25, 0.3) is 0 Å². The monoisotopic (exact) mass is 256 g/mol. The minimum atomic E-state index is -1.27. The largest absolute Gasteiger partial charge is 0.495 e. The highest BCUT2D eigenvalue weighted by atomic mass is 32.2. The Kier molecular flexibility index (Phi) is 5.15. The second-order valence-electron chi connectivity index (χ2n) is 3.59. The number of carbonyl (C=O) groups excluding carboxylic acids is 1. The lowest BCUT2D eigenvalue weighted by molar-refractivity contribution is -0.144. The van der Waals surface area contributed by atoms with Crippen LogP contribution < -0.4 is 4.74 Å². The van der Waals surface area contributed by atoms with Crippen LogP contribution in [0.4, 0.5) is 0 Å². The van der Waals surface area contributed by atoms with E-state index in [2.05, 4.69) is 4.74 Å². The highest BCUT2D eigenvalue weighted by molar-refractivity contribution is 7.85. The topological polar surface area (TPSA) is 52.6 Å². The van der Waals surface area contributed by atoms with Gasteiger partial charge in [0.15, 0.2) is 0 Å². The van der Waals surface area contributed by atoms with E-state index in [0.29, 0.717) is 10.6 Å². The zero-order valence-electron chi connectivity index (χ0n) is 10.1. The number of benzene rings is 1. The van der Waals surface area contributed by atoms with Crippen molar-refractivity contribution in [3.63, 3.8) is 0 Å². The van der Waals surface area contributed by atoms with Crippen LogP contribution in [0.2, 0.25) is 0 Å². The fourth-order valence-electron chi connectivity index (χ4n) is 1.39. The molecule has 0 N–H and O–H groups in total. The normalized spacial score (nSPS) is 13.8. The van der Waals surface area contributed by atoms with Crippen molar-refractivity contribution in [2.45, 2.75) is 11.8 Å². The molecular weight excluding hydrogens is 240 g/mol. The van der Waals surface area contributed by atoms with E-state index < -0.39 is 16.7 Å². The number of hydrogen-bond donors (Lipinski definition) is 0. The van der Waals surface area contributed by atoms with Crippen LogP contribution in [-0.4, -0.2) is 30.2 Å². The van der Waals surface area contributed by atoms with Crippen LogP contribution in [0.1, 0.15) is 6.92 Å². The van der Waals surface area contributed by atoms with Crippen LogP contribution in [-0.2, 0) is 20.3 Å². The maximum absolute atomic E-state index is 12.1. The molecular formula is C12H16O4S. The van der Waals surface area contributed by atoms with Gasteiger partial charge in [-0.1, -0.05) is 19.1 Å². The Balaban J connectivity index is 2.79. The van der Waals surface area contributed by atoms with Gasteiger partial charge in [0.25, 0.3) is 0 Å². The summed E-state index contributed by atoms with van der Waals surface area (Å²) in [6.07, 6.45) is 0. The van der Waals surface area contributed by atoms with Gasteiger partial charge in [-0.2, -0.15) is 0 Å². The molecule has 0 aromatic heterocycles. The minimum Gasteiger partial charge on any atom is -0.495 e. The Morgan fingerprint density at radius 2 is 2.00 bits per heavy atom. The molecule has 1 aromatic rings. The molecule has 0 saturated heterocycles. The van der Waals surface area contributed by atoms with Crippen molar-refractivity contribution in [3.05, 3.63) is 24.3 Å². The van der Waals surface area contributed by atoms with Gasteiger partial charge in [0, 0.05) is 5.75 Å². The number of hydrogen-bond acceptors (Lipinski definition) is 4. The molecule has 0 spiro atoms. The molecule has 1 rings (SSSR count). The average molecular weight is 256 g/mol. The molecule has 1 aromatic carbocycles. The second-order valence-corrected chi connectivity index (χ2v) is 5.05. The van der Waals surface area contributed by atoms with Crippen LogP contribution in [0.5, 0.6) is 5.75 Å². The van der Waals surface area contributed by atoms with E-state index in [9.17, 15) is 9.00 Å². The molecule has 0 saturated carbocycles. The Labute approximate surface area is 103 Å². The molecule has 0 aliphatic rings. The van der Waals surface area contributed by atoms with Crippen molar-refractivity contribution in [2.75, 3.05) is 20.0 Å². The number of carbonyl (C=O) groups is 1. The first-order chi connectivity index (χ1) is 8.10. The Morgan fingerprint density at radius 1 is 1.35 bits per heavy atom. The molecule has 2 atom stereocenters. The molecule has 0 bridgehead atoms. The summed E-state index contributed by atoms with van der Waals surface area (Å²) < 4.78 is 21.8. The first kappa shape index (κ1) is 13.7. The predicted octanol–water partition coefficient (Wildman–Crippen LogP) is 1.61. The lowest BCUT2D eigenvalue weighted by Gasteiger charge is -2.11. The number of methoxy groups -OCH3 is 2. The summed E-state index contributed by atoms with van der Waals surface area (Å²) in [4.78, 5) is 11.8. The van der Waals surface area contributed by atoms with E-state index in [-0.39, 0.29) is 11.7 Å². The van der Waals surface area contributed by atoms with Crippen molar-refractivity contribution in [1.82, 2.24) is 0 Å². The summed E-state index contributed by atoms with van der Waals surface area (Å²) in [6.45, 7) is 1.69. The van der Waals surface area contributed by atoms with Crippen molar-refractivity contribution in [1.29, 1.82) is 0 Å². The summed E-state index contributed by atoms with van der Waals surface area (Å²) in [6, 6.07) is 7.08. The van der Waals surface area contributed by atoms with Gasteiger partial charge in [0.1, 0.15) is 5.75 Å². The van der Waals surface area contributed by atoms with Crippen molar-refractivity contribution in [2.24, 2.45) is 5.92 Å². The van der Waals surface area contributed by atoms with E-state index in [1.54, 1.807) is 25.1 Å². The van der Waals surface area contributed by atoms with Crippen LogP contribution in [0, 0.1) is 5.92 Å². The van der Waals surface area contributed by atoms with Crippen molar-refractivity contribution in [3.8, 4) is 5.75 Å². The van der Waals surface area contributed by atoms with Gasteiger partial charge in [0.2, 0.25) is 0 Å². The zero-order valence-corrected chi connectivity index (χ0v) is 11.0. The first-order valence-corrected chi connectivity index (χ1v) is 6.51. The fourth-order valence-corrected chi connectivity index (χ4v) is 2.77. The Bertz CT molecular complexity index is 417. The molecule has 2 unspecified atom stereocenters. The van der Waals surface area contributed by atoms with E-state index in [1.165, 1.54) is 14.2 Å². The minimum absolute atomic E-state index is 0.229. The molecule has 5 heteroatoms. The van der Waals surface area contributed by atoms with Crippen molar-refractivity contribution < 1.29 is 18.5 Å². The van der Waals surface area contributed by atoms with Gasteiger partial charge in [-0.15, -0.1) is 0 Å². The zero-order chi connectivity index (χ0) is 12.8. The highest BCUT2D eigenvalue weighted by Gasteiger charge is 2.19. The molecule has 4 nitrogen and oxygen atoms in total. The smallest absolute Gasteiger partial charge is 0.309 e. The highest BCUT2D eigenvalue weighted by Crippen LogP contribution is 2.22. The number of ether oxygens (including phenoxy) is 2. The van der Waals surface area contributed by atoms with Gasteiger partial charge >= 0.3 is 5.97 Å². The standard InChI is InChI=1S/C12H16O4S/c1-9(12(13)16-3)8-17(14)11-7-5-4-6-10(11)15-2/h4-7,9H,8H2,1-3H3. The van der Waals surface area contributed by atoms with E-state index >= 15 is 0 Å². The maximum atomic E-state index is 12.1. The molecule has 0 amide bonds. The number of esters is 1.